The normalized spacial score (nSPS) is 13.6. The standard InChI is InChI=1S/C16H12BrNO3/c1-9-3-5-11-12(7-9)16(20)18(15(11)19)14-8-10(21-2)4-6-13(14)17/h3-8H,1-2H3. The number of carbonyl (C=O) groups is 2. The average Bonchev–Trinajstić information content (AvgIpc) is 2.71. The van der Waals surface area contributed by atoms with E-state index in [-0.39, 0.29) is 11.8 Å². The molecule has 1 aliphatic heterocycles. The van der Waals surface area contributed by atoms with Crippen molar-refractivity contribution < 1.29 is 14.3 Å². The van der Waals surface area contributed by atoms with Crippen molar-refractivity contribution in [1.29, 1.82) is 0 Å². The van der Waals surface area contributed by atoms with Crippen LogP contribution in [0.5, 0.6) is 5.75 Å². The molecule has 0 aliphatic carbocycles. The second-order valence-electron chi connectivity index (χ2n) is 4.81. The maximum absolute atomic E-state index is 12.6. The highest BCUT2D eigenvalue weighted by atomic mass is 79.9. The number of ether oxygens (including phenoxy) is 1. The lowest BCUT2D eigenvalue weighted by Gasteiger charge is -2.16. The fourth-order valence-corrected chi connectivity index (χ4v) is 2.79. The molecule has 0 radical (unpaired) electrons. The molecule has 1 aliphatic rings. The molecule has 2 aromatic carbocycles. The molecule has 0 N–H and O–H groups in total. The van der Waals surface area contributed by atoms with Gasteiger partial charge in [0.15, 0.2) is 0 Å². The Morgan fingerprint density at radius 3 is 2.43 bits per heavy atom. The molecule has 0 spiro atoms. The molecule has 1 heterocycles. The van der Waals surface area contributed by atoms with Crippen molar-refractivity contribution >= 4 is 33.4 Å². The van der Waals surface area contributed by atoms with E-state index in [0.29, 0.717) is 27.0 Å². The number of hydrogen-bond acceptors (Lipinski definition) is 3. The van der Waals surface area contributed by atoms with Crippen LogP contribution in [0.2, 0.25) is 0 Å². The number of nitrogens with zero attached hydrogens (tertiary/aromatic N) is 1. The van der Waals surface area contributed by atoms with Crippen LogP contribution in [0.3, 0.4) is 0 Å². The van der Waals surface area contributed by atoms with E-state index >= 15 is 0 Å². The van der Waals surface area contributed by atoms with Gasteiger partial charge < -0.3 is 4.74 Å². The van der Waals surface area contributed by atoms with Gasteiger partial charge in [-0.1, -0.05) is 11.6 Å². The minimum atomic E-state index is -0.316. The highest BCUT2D eigenvalue weighted by Crippen LogP contribution is 2.36. The van der Waals surface area contributed by atoms with Crippen LogP contribution in [0, 0.1) is 6.92 Å². The first-order valence-corrected chi connectivity index (χ1v) is 7.15. The fourth-order valence-electron chi connectivity index (χ4n) is 2.36. The van der Waals surface area contributed by atoms with Crippen molar-refractivity contribution in [3.8, 4) is 5.75 Å². The molecule has 0 fully saturated rings. The Kier molecular flexibility index (Phi) is 3.29. The molecule has 0 aromatic heterocycles. The number of methoxy groups -OCH3 is 1. The second-order valence-corrected chi connectivity index (χ2v) is 5.67. The average molecular weight is 346 g/mol. The van der Waals surface area contributed by atoms with Gasteiger partial charge in [0.25, 0.3) is 11.8 Å². The third-order valence-corrected chi connectivity index (χ3v) is 4.11. The van der Waals surface area contributed by atoms with Crippen LogP contribution in [0.4, 0.5) is 5.69 Å². The molecular formula is C16H12BrNO3. The van der Waals surface area contributed by atoms with Gasteiger partial charge in [0, 0.05) is 10.5 Å². The van der Waals surface area contributed by atoms with Crippen molar-refractivity contribution in [2.24, 2.45) is 0 Å². The van der Waals surface area contributed by atoms with Crippen molar-refractivity contribution in [2.75, 3.05) is 12.0 Å². The second kappa shape index (κ2) is 5.00. The summed E-state index contributed by atoms with van der Waals surface area (Å²) in [5.41, 5.74) is 2.30. The monoisotopic (exact) mass is 345 g/mol. The summed E-state index contributed by atoms with van der Waals surface area (Å²) in [6.07, 6.45) is 0. The molecule has 0 saturated carbocycles. The van der Waals surface area contributed by atoms with Crippen molar-refractivity contribution in [1.82, 2.24) is 0 Å². The molecule has 21 heavy (non-hydrogen) atoms. The van der Waals surface area contributed by atoms with Gasteiger partial charge in [-0.2, -0.15) is 0 Å². The number of benzene rings is 2. The summed E-state index contributed by atoms with van der Waals surface area (Å²) in [5, 5.41) is 0. The molecule has 0 saturated heterocycles. The Morgan fingerprint density at radius 1 is 1.00 bits per heavy atom. The molecule has 4 nitrogen and oxygen atoms in total. The highest BCUT2D eigenvalue weighted by molar-refractivity contribution is 9.10. The predicted molar refractivity (Wildman–Crippen MR) is 83.0 cm³/mol. The first-order chi connectivity index (χ1) is 10.0. The minimum Gasteiger partial charge on any atom is -0.497 e. The van der Waals surface area contributed by atoms with Gasteiger partial charge in [-0.05, 0) is 47.1 Å². The molecule has 106 valence electrons. The van der Waals surface area contributed by atoms with Gasteiger partial charge in [-0.25, -0.2) is 4.90 Å². The Hall–Kier alpha value is -2.14. The molecule has 3 rings (SSSR count). The third-order valence-electron chi connectivity index (χ3n) is 3.44. The van der Waals surface area contributed by atoms with Gasteiger partial charge in [-0.15, -0.1) is 0 Å². The van der Waals surface area contributed by atoms with Crippen LogP contribution in [0.1, 0.15) is 26.3 Å². The lowest BCUT2D eigenvalue weighted by Crippen LogP contribution is -2.29. The zero-order valence-electron chi connectivity index (χ0n) is 11.5. The van der Waals surface area contributed by atoms with E-state index < -0.39 is 0 Å². The number of fused-ring (bicyclic) bond motifs is 1. The van der Waals surface area contributed by atoms with Crippen LogP contribution < -0.4 is 9.64 Å². The lowest BCUT2D eigenvalue weighted by molar-refractivity contribution is 0.0926. The maximum Gasteiger partial charge on any atom is 0.266 e. The predicted octanol–water partition coefficient (Wildman–Crippen LogP) is 3.57. The number of imide groups is 1. The third kappa shape index (κ3) is 2.14. The summed E-state index contributed by atoms with van der Waals surface area (Å²) in [4.78, 5) is 26.2. The van der Waals surface area contributed by atoms with Gasteiger partial charge in [0.05, 0.1) is 23.9 Å². The lowest BCUT2D eigenvalue weighted by atomic mass is 10.1. The molecule has 0 unspecified atom stereocenters. The van der Waals surface area contributed by atoms with E-state index in [9.17, 15) is 9.59 Å². The van der Waals surface area contributed by atoms with E-state index in [1.165, 1.54) is 4.90 Å². The zero-order chi connectivity index (χ0) is 15.1. The number of carbonyl (C=O) groups excluding carboxylic acids is 2. The summed E-state index contributed by atoms with van der Waals surface area (Å²) in [5.74, 6) is -0.0439. The quantitative estimate of drug-likeness (QED) is 0.781. The van der Waals surface area contributed by atoms with Gasteiger partial charge in [-0.3, -0.25) is 9.59 Å². The molecule has 0 bridgehead atoms. The highest BCUT2D eigenvalue weighted by Gasteiger charge is 2.37. The molecule has 0 atom stereocenters. The van der Waals surface area contributed by atoms with Crippen LogP contribution in [-0.4, -0.2) is 18.9 Å². The van der Waals surface area contributed by atoms with Crippen molar-refractivity contribution in [2.45, 2.75) is 6.92 Å². The number of anilines is 1. The summed E-state index contributed by atoms with van der Waals surface area (Å²) < 4.78 is 5.83. The van der Waals surface area contributed by atoms with Gasteiger partial charge in [0.1, 0.15) is 5.75 Å². The Balaban J connectivity index is 2.14. The van der Waals surface area contributed by atoms with Crippen LogP contribution in [0.25, 0.3) is 0 Å². The molecule has 2 aromatic rings. The van der Waals surface area contributed by atoms with Crippen molar-refractivity contribution in [3.63, 3.8) is 0 Å². The van der Waals surface area contributed by atoms with Gasteiger partial charge >= 0.3 is 0 Å². The summed E-state index contributed by atoms with van der Waals surface area (Å²) in [6.45, 7) is 1.89. The first kappa shape index (κ1) is 13.8. The number of halogens is 1. The number of aryl methyl sites for hydroxylation is 1. The number of amides is 2. The Labute approximate surface area is 130 Å². The largest absolute Gasteiger partial charge is 0.497 e. The first-order valence-electron chi connectivity index (χ1n) is 6.36. The minimum absolute atomic E-state index is 0.312. The molecular weight excluding hydrogens is 334 g/mol. The molecule has 2 amide bonds. The maximum atomic E-state index is 12.6. The van der Waals surface area contributed by atoms with Crippen LogP contribution >= 0.6 is 15.9 Å². The molecule has 5 heteroatoms. The van der Waals surface area contributed by atoms with Crippen LogP contribution in [0.15, 0.2) is 40.9 Å². The number of rotatable bonds is 2. The Bertz CT molecular complexity index is 770. The van der Waals surface area contributed by atoms with Crippen LogP contribution in [-0.2, 0) is 0 Å². The van der Waals surface area contributed by atoms with Gasteiger partial charge in [0.2, 0.25) is 0 Å². The fraction of sp³-hybridized carbons (Fsp3) is 0.125. The summed E-state index contributed by atoms with van der Waals surface area (Å²) >= 11 is 3.38. The van der Waals surface area contributed by atoms with E-state index in [1.807, 2.05) is 13.0 Å². The summed E-state index contributed by atoms with van der Waals surface area (Å²) in [7, 11) is 1.54. The SMILES string of the molecule is COc1ccc(Br)c(N2C(=O)c3ccc(C)cc3C2=O)c1. The van der Waals surface area contributed by atoms with E-state index in [4.69, 9.17) is 4.74 Å². The smallest absolute Gasteiger partial charge is 0.266 e. The number of hydrogen-bond donors (Lipinski definition) is 0. The van der Waals surface area contributed by atoms with E-state index in [1.54, 1.807) is 37.4 Å². The topological polar surface area (TPSA) is 46.6 Å². The zero-order valence-corrected chi connectivity index (χ0v) is 13.1. The Morgan fingerprint density at radius 2 is 1.71 bits per heavy atom. The van der Waals surface area contributed by atoms with E-state index in [2.05, 4.69) is 15.9 Å². The van der Waals surface area contributed by atoms with Crippen molar-refractivity contribution in [3.05, 3.63) is 57.6 Å². The summed E-state index contributed by atoms with van der Waals surface area (Å²) in [6, 6.07) is 10.4. The van der Waals surface area contributed by atoms with E-state index in [0.717, 1.165) is 5.56 Å².